The Morgan fingerprint density at radius 3 is 3.00 bits per heavy atom. The summed E-state index contributed by atoms with van der Waals surface area (Å²) in [5.74, 6) is 0.998. The molecule has 1 atom stereocenters. The largest absolute Gasteiger partial charge is 0.501 e. The lowest BCUT2D eigenvalue weighted by Gasteiger charge is -2.20. The van der Waals surface area contributed by atoms with E-state index in [1.807, 2.05) is 13.0 Å². The maximum absolute atomic E-state index is 8.65. The summed E-state index contributed by atoms with van der Waals surface area (Å²) in [7, 11) is 1.69. The van der Waals surface area contributed by atoms with Crippen LogP contribution in [0, 0.1) is 0 Å². The predicted molar refractivity (Wildman–Crippen MR) is 54.9 cm³/mol. The number of methoxy groups -OCH3 is 1. The molecule has 0 bridgehead atoms. The summed E-state index contributed by atoms with van der Waals surface area (Å²) in [5, 5.41) is 8.65. The van der Waals surface area contributed by atoms with Crippen LogP contribution in [0.3, 0.4) is 0 Å². The van der Waals surface area contributed by atoms with Crippen molar-refractivity contribution < 1.29 is 14.6 Å². The van der Waals surface area contributed by atoms with Gasteiger partial charge in [0.25, 0.3) is 0 Å². The number of ether oxygens (including phenoxy) is 2. The molecule has 1 unspecified atom stereocenters. The first-order valence-electron chi connectivity index (χ1n) is 4.95. The molecule has 0 aromatic heterocycles. The van der Waals surface area contributed by atoms with E-state index in [4.69, 9.17) is 14.6 Å². The van der Waals surface area contributed by atoms with Gasteiger partial charge in [-0.1, -0.05) is 12.2 Å². The van der Waals surface area contributed by atoms with E-state index in [2.05, 4.69) is 6.08 Å². The molecule has 1 rings (SSSR count). The second kappa shape index (κ2) is 5.83. The second-order valence-corrected chi connectivity index (χ2v) is 3.26. The smallest absolute Gasteiger partial charge is 0.102 e. The third-order valence-electron chi connectivity index (χ3n) is 2.30. The van der Waals surface area contributed by atoms with E-state index < -0.39 is 0 Å². The number of aliphatic hydroxyl groups excluding tert-OH is 1. The fourth-order valence-electron chi connectivity index (χ4n) is 1.56. The molecular formula is C11H18O3. The average Bonchev–Trinajstić information content (AvgIpc) is 2.25. The summed E-state index contributed by atoms with van der Waals surface area (Å²) in [6.07, 6.45) is 6.13. The number of hydrogen-bond donors (Lipinski definition) is 1. The lowest BCUT2D eigenvalue weighted by Crippen LogP contribution is -2.16. The van der Waals surface area contributed by atoms with Gasteiger partial charge in [-0.3, -0.25) is 0 Å². The lowest BCUT2D eigenvalue weighted by molar-refractivity contribution is 0.0566. The molecule has 0 amide bonds. The first-order chi connectivity index (χ1) is 6.79. The summed E-state index contributed by atoms with van der Waals surface area (Å²) in [5.41, 5.74) is 1.09. The second-order valence-electron chi connectivity index (χ2n) is 3.26. The maximum Gasteiger partial charge on any atom is 0.102 e. The zero-order chi connectivity index (χ0) is 10.4. The van der Waals surface area contributed by atoms with Gasteiger partial charge >= 0.3 is 0 Å². The van der Waals surface area contributed by atoms with Crippen molar-refractivity contribution in [3.8, 4) is 0 Å². The van der Waals surface area contributed by atoms with Gasteiger partial charge in [-0.05, 0) is 13.3 Å². The van der Waals surface area contributed by atoms with E-state index in [9.17, 15) is 0 Å². The molecule has 3 nitrogen and oxygen atoms in total. The van der Waals surface area contributed by atoms with Crippen molar-refractivity contribution >= 4 is 0 Å². The Kier molecular flexibility index (Phi) is 4.70. The minimum absolute atomic E-state index is 0.00588. The predicted octanol–water partition coefficient (Wildman–Crippen LogP) is 1.63. The number of hydrogen-bond acceptors (Lipinski definition) is 3. The Labute approximate surface area is 85.0 Å². The molecule has 3 heteroatoms. The fourth-order valence-corrected chi connectivity index (χ4v) is 1.56. The Balaban J connectivity index is 2.62. The molecule has 0 saturated carbocycles. The van der Waals surface area contributed by atoms with Crippen LogP contribution in [0.5, 0.6) is 0 Å². The van der Waals surface area contributed by atoms with Gasteiger partial charge in [-0.25, -0.2) is 0 Å². The van der Waals surface area contributed by atoms with Crippen molar-refractivity contribution in [2.24, 2.45) is 0 Å². The molecule has 1 aliphatic carbocycles. The highest BCUT2D eigenvalue weighted by Crippen LogP contribution is 2.23. The van der Waals surface area contributed by atoms with Gasteiger partial charge in [-0.2, -0.15) is 0 Å². The molecule has 1 aliphatic rings. The Morgan fingerprint density at radius 1 is 1.57 bits per heavy atom. The van der Waals surface area contributed by atoms with Gasteiger partial charge in [0.2, 0.25) is 0 Å². The number of aliphatic hydroxyl groups is 1. The van der Waals surface area contributed by atoms with Crippen LogP contribution in [0.15, 0.2) is 23.5 Å². The van der Waals surface area contributed by atoms with Crippen LogP contribution in [0.2, 0.25) is 0 Å². The van der Waals surface area contributed by atoms with E-state index in [1.165, 1.54) is 0 Å². The van der Waals surface area contributed by atoms with Crippen LogP contribution in [0.1, 0.15) is 19.8 Å². The van der Waals surface area contributed by atoms with Crippen molar-refractivity contribution in [1.29, 1.82) is 0 Å². The summed E-state index contributed by atoms with van der Waals surface area (Å²) >= 11 is 0. The lowest BCUT2D eigenvalue weighted by atomic mass is 10.0. The maximum atomic E-state index is 8.65. The molecule has 14 heavy (non-hydrogen) atoms. The van der Waals surface area contributed by atoms with Crippen LogP contribution >= 0.6 is 0 Å². The standard InChI is InChI=1S/C11H18O3/c1-9(14-8-7-12)10-5-3-4-6-11(10)13-2/h3,5,9,12H,4,6-8H2,1-2H3. The first-order valence-corrected chi connectivity index (χ1v) is 4.95. The molecule has 0 aromatic carbocycles. The minimum Gasteiger partial charge on any atom is -0.501 e. The van der Waals surface area contributed by atoms with Gasteiger partial charge in [0.1, 0.15) is 5.76 Å². The van der Waals surface area contributed by atoms with E-state index in [0.717, 1.165) is 24.2 Å². The van der Waals surface area contributed by atoms with Crippen molar-refractivity contribution in [3.63, 3.8) is 0 Å². The van der Waals surface area contributed by atoms with Gasteiger partial charge in [0, 0.05) is 12.0 Å². The average molecular weight is 198 g/mol. The van der Waals surface area contributed by atoms with Gasteiger partial charge < -0.3 is 14.6 Å². The molecule has 0 saturated heterocycles. The van der Waals surface area contributed by atoms with E-state index in [0.29, 0.717) is 6.61 Å². The Bertz CT molecular complexity index is 231. The summed E-state index contributed by atoms with van der Waals surface area (Å²) in [6.45, 7) is 2.40. The molecule has 0 heterocycles. The van der Waals surface area contributed by atoms with Crippen LogP contribution < -0.4 is 0 Å². The summed E-state index contributed by atoms with van der Waals surface area (Å²) in [4.78, 5) is 0. The van der Waals surface area contributed by atoms with Crippen LogP contribution in [0.4, 0.5) is 0 Å². The third kappa shape index (κ3) is 2.86. The van der Waals surface area contributed by atoms with E-state index >= 15 is 0 Å². The normalized spacial score (nSPS) is 18.5. The fraction of sp³-hybridized carbons (Fsp3) is 0.636. The third-order valence-corrected chi connectivity index (χ3v) is 2.30. The molecule has 0 spiro atoms. The van der Waals surface area contributed by atoms with Crippen molar-refractivity contribution in [1.82, 2.24) is 0 Å². The molecule has 0 radical (unpaired) electrons. The van der Waals surface area contributed by atoms with Crippen LogP contribution in [-0.2, 0) is 9.47 Å². The van der Waals surface area contributed by atoms with Gasteiger partial charge in [0.15, 0.2) is 0 Å². The van der Waals surface area contributed by atoms with Gasteiger partial charge in [0.05, 0.1) is 26.4 Å². The molecule has 0 aromatic rings. The zero-order valence-corrected chi connectivity index (χ0v) is 8.82. The van der Waals surface area contributed by atoms with Crippen LogP contribution in [0.25, 0.3) is 0 Å². The topological polar surface area (TPSA) is 38.7 Å². The highest BCUT2D eigenvalue weighted by atomic mass is 16.5. The minimum atomic E-state index is -0.00588. The Morgan fingerprint density at radius 2 is 2.36 bits per heavy atom. The molecule has 0 aliphatic heterocycles. The number of allylic oxidation sites excluding steroid dienone is 2. The Hall–Kier alpha value is -0.800. The van der Waals surface area contributed by atoms with Crippen molar-refractivity contribution in [3.05, 3.63) is 23.5 Å². The highest BCUT2D eigenvalue weighted by Gasteiger charge is 2.15. The van der Waals surface area contributed by atoms with E-state index in [-0.39, 0.29) is 12.7 Å². The monoisotopic (exact) mass is 198 g/mol. The van der Waals surface area contributed by atoms with Crippen LogP contribution in [-0.4, -0.2) is 31.5 Å². The summed E-state index contributed by atoms with van der Waals surface area (Å²) in [6, 6.07) is 0. The van der Waals surface area contributed by atoms with Gasteiger partial charge in [-0.15, -0.1) is 0 Å². The van der Waals surface area contributed by atoms with Crippen molar-refractivity contribution in [2.75, 3.05) is 20.3 Å². The molecule has 1 N–H and O–H groups in total. The zero-order valence-electron chi connectivity index (χ0n) is 8.82. The molecule has 0 fully saturated rings. The molecule has 80 valence electrons. The number of rotatable bonds is 5. The van der Waals surface area contributed by atoms with Crippen molar-refractivity contribution in [2.45, 2.75) is 25.9 Å². The highest BCUT2D eigenvalue weighted by molar-refractivity contribution is 5.29. The quantitative estimate of drug-likeness (QED) is 0.729. The van der Waals surface area contributed by atoms with E-state index in [1.54, 1.807) is 7.11 Å². The SMILES string of the molecule is COC1=C(C(C)OCCO)C=CCC1. The summed E-state index contributed by atoms with van der Waals surface area (Å²) < 4.78 is 10.7. The first kappa shape index (κ1) is 11.3. The molecular weight excluding hydrogens is 180 g/mol.